The molecule has 0 saturated heterocycles. The maximum absolute atomic E-state index is 12.2. The third kappa shape index (κ3) is 3.56. The highest BCUT2D eigenvalue weighted by molar-refractivity contribution is 5.93. The van der Waals surface area contributed by atoms with Crippen molar-refractivity contribution in [2.24, 2.45) is 0 Å². The highest BCUT2D eigenvalue weighted by Crippen LogP contribution is 2.29. The molecule has 1 aliphatic rings. The number of carboxylic acid groups (broad SMARTS) is 1. The van der Waals surface area contributed by atoms with Crippen molar-refractivity contribution in [1.82, 2.24) is 4.90 Å². The molecular weight excluding hydrogens is 242 g/mol. The Bertz CT molecular complexity index is 438. The molecule has 0 atom stereocenters. The average Bonchev–Trinajstić information content (AvgIpc) is 2.40. The molecule has 1 aromatic rings. The van der Waals surface area contributed by atoms with E-state index < -0.39 is 6.09 Å². The van der Waals surface area contributed by atoms with Crippen molar-refractivity contribution < 1.29 is 14.7 Å². The van der Waals surface area contributed by atoms with Crippen LogP contribution in [0.25, 0.3) is 0 Å². The summed E-state index contributed by atoms with van der Waals surface area (Å²) in [6.45, 7) is 0. The second-order valence-corrected chi connectivity index (χ2v) is 4.80. The summed E-state index contributed by atoms with van der Waals surface area (Å²) in [7, 11) is 0. The highest BCUT2D eigenvalue weighted by atomic mass is 16.4. The molecule has 2 rings (SSSR count). The second kappa shape index (κ2) is 6.36. The molecule has 19 heavy (non-hydrogen) atoms. The van der Waals surface area contributed by atoms with Crippen molar-refractivity contribution in [1.29, 1.82) is 0 Å². The molecule has 0 heterocycles. The predicted molar refractivity (Wildman–Crippen MR) is 71.3 cm³/mol. The van der Waals surface area contributed by atoms with E-state index in [1.807, 2.05) is 30.3 Å². The summed E-state index contributed by atoms with van der Waals surface area (Å²) < 4.78 is 0. The molecule has 1 fully saturated rings. The summed E-state index contributed by atoms with van der Waals surface area (Å²) in [5, 5.41) is 9.26. The summed E-state index contributed by atoms with van der Waals surface area (Å²) in [6, 6.07) is 9.99. The Hall–Kier alpha value is -1.84. The first-order valence-corrected chi connectivity index (χ1v) is 6.63. The molecule has 0 bridgehead atoms. The molecule has 101 valence electrons. The van der Waals surface area contributed by atoms with E-state index in [0.29, 0.717) is 12.8 Å². The van der Waals surface area contributed by atoms with Crippen molar-refractivity contribution in [3.05, 3.63) is 41.9 Å². The van der Waals surface area contributed by atoms with Crippen LogP contribution in [0.15, 0.2) is 30.3 Å². The SMILES string of the molecule is O=C(O)N([C]1CCCCC1)C(=O)Cc1ccccc1. The van der Waals surface area contributed by atoms with Gasteiger partial charge in [0.15, 0.2) is 0 Å². The van der Waals surface area contributed by atoms with E-state index in [0.717, 1.165) is 35.8 Å². The minimum absolute atomic E-state index is 0.136. The van der Waals surface area contributed by atoms with Gasteiger partial charge in [-0.05, 0) is 18.4 Å². The second-order valence-electron chi connectivity index (χ2n) is 4.80. The molecule has 0 aliphatic heterocycles. The average molecular weight is 260 g/mol. The van der Waals surface area contributed by atoms with Crippen LogP contribution in [-0.2, 0) is 11.2 Å². The summed E-state index contributed by atoms with van der Waals surface area (Å²) >= 11 is 0. The van der Waals surface area contributed by atoms with E-state index in [1.54, 1.807) is 0 Å². The first-order chi connectivity index (χ1) is 9.18. The van der Waals surface area contributed by atoms with Gasteiger partial charge in [-0.1, -0.05) is 49.6 Å². The third-order valence-corrected chi connectivity index (χ3v) is 3.39. The summed E-state index contributed by atoms with van der Waals surface area (Å²) in [5.74, 6) is -0.351. The Balaban J connectivity index is 2.06. The number of hydrogen-bond donors (Lipinski definition) is 1. The molecule has 1 N–H and O–H groups in total. The van der Waals surface area contributed by atoms with Crippen LogP contribution in [0.2, 0.25) is 0 Å². The van der Waals surface area contributed by atoms with Gasteiger partial charge in [0.1, 0.15) is 0 Å². The molecule has 4 nitrogen and oxygen atoms in total. The van der Waals surface area contributed by atoms with Crippen molar-refractivity contribution in [2.45, 2.75) is 38.5 Å². The lowest BCUT2D eigenvalue weighted by Gasteiger charge is -2.29. The highest BCUT2D eigenvalue weighted by Gasteiger charge is 2.31. The Morgan fingerprint density at radius 3 is 2.26 bits per heavy atom. The first kappa shape index (κ1) is 13.6. The van der Waals surface area contributed by atoms with E-state index in [4.69, 9.17) is 0 Å². The number of carbonyl (C=O) groups excluding carboxylic acids is 1. The molecule has 0 unspecified atom stereocenters. The lowest BCUT2D eigenvalue weighted by molar-refractivity contribution is -0.128. The zero-order chi connectivity index (χ0) is 13.7. The van der Waals surface area contributed by atoms with Gasteiger partial charge in [0.05, 0.1) is 12.5 Å². The van der Waals surface area contributed by atoms with E-state index in [2.05, 4.69) is 0 Å². The molecule has 2 amide bonds. The van der Waals surface area contributed by atoms with Crippen LogP contribution in [0, 0.1) is 6.04 Å². The smallest absolute Gasteiger partial charge is 0.414 e. The largest absolute Gasteiger partial charge is 0.465 e. The van der Waals surface area contributed by atoms with E-state index in [-0.39, 0.29) is 12.3 Å². The molecule has 1 saturated carbocycles. The fraction of sp³-hybridized carbons (Fsp3) is 0.400. The lowest BCUT2D eigenvalue weighted by Crippen LogP contribution is -2.40. The number of hydrogen-bond acceptors (Lipinski definition) is 2. The molecule has 4 heteroatoms. The summed E-state index contributed by atoms with van der Waals surface area (Å²) in [6.07, 6.45) is 3.47. The zero-order valence-corrected chi connectivity index (χ0v) is 10.8. The number of imide groups is 1. The van der Waals surface area contributed by atoms with Gasteiger partial charge in [-0.25, -0.2) is 9.69 Å². The summed E-state index contributed by atoms with van der Waals surface area (Å²) in [5.41, 5.74) is 0.843. The fourth-order valence-electron chi connectivity index (χ4n) is 2.45. The van der Waals surface area contributed by atoms with Gasteiger partial charge >= 0.3 is 6.09 Å². The van der Waals surface area contributed by atoms with Crippen molar-refractivity contribution in [2.75, 3.05) is 0 Å². The van der Waals surface area contributed by atoms with E-state index in [1.165, 1.54) is 0 Å². The normalized spacial score (nSPS) is 16.0. The predicted octanol–water partition coefficient (Wildman–Crippen LogP) is 3.23. The monoisotopic (exact) mass is 260 g/mol. The van der Waals surface area contributed by atoms with Gasteiger partial charge in [0, 0.05) is 0 Å². The fourth-order valence-corrected chi connectivity index (χ4v) is 2.45. The van der Waals surface area contributed by atoms with Gasteiger partial charge in [0.2, 0.25) is 5.91 Å². The molecule has 1 aliphatic carbocycles. The van der Waals surface area contributed by atoms with Gasteiger partial charge in [-0.3, -0.25) is 4.79 Å². The van der Waals surface area contributed by atoms with Crippen LogP contribution in [0.1, 0.15) is 37.7 Å². The molecule has 0 spiro atoms. The maximum atomic E-state index is 12.2. The van der Waals surface area contributed by atoms with E-state index in [9.17, 15) is 14.7 Å². The van der Waals surface area contributed by atoms with Gasteiger partial charge in [-0.2, -0.15) is 0 Å². The minimum atomic E-state index is -1.15. The van der Waals surface area contributed by atoms with Crippen LogP contribution in [0.3, 0.4) is 0 Å². The number of amides is 2. The number of rotatable bonds is 3. The quantitative estimate of drug-likeness (QED) is 0.907. The Morgan fingerprint density at radius 1 is 1.05 bits per heavy atom. The van der Waals surface area contributed by atoms with Crippen LogP contribution >= 0.6 is 0 Å². The number of carbonyl (C=O) groups is 2. The lowest BCUT2D eigenvalue weighted by atomic mass is 9.94. The Morgan fingerprint density at radius 2 is 1.68 bits per heavy atom. The zero-order valence-electron chi connectivity index (χ0n) is 10.8. The van der Waals surface area contributed by atoms with Crippen molar-refractivity contribution >= 4 is 12.0 Å². The molecule has 1 aromatic carbocycles. The van der Waals surface area contributed by atoms with Crippen molar-refractivity contribution in [3.8, 4) is 0 Å². The minimum Gasteiger partial charge on any atom is -0.465 e. The Labute approximate surface area is 113 Å². The van der Waals surface area contributed by atoms with Crippen LogP contribution in [0.4, 0.5) is 4.79 Å². The van der Waals surface area contributed by atoms with Gasteiger partial charge in [0.25, 0.3) is 0 Å². The van der Waals surface area contributed by atoms with Crippen LogP contribution < -0.4 is 0 Å². The standard InChI is InChI=1S/C15H18NO3/c17-14(11-12-7-3-1-4-8-12)16(15(18)19)13-9-5-2-6-10-13/h1,3-4,7-8H,2,5-6,9-11H2,(H,18,19). The first-order valence-electron chi connectivity index (χ1n) is 6.63. The number of benzene rings is 1. The van der Waals surface area contributed by atoms with Crippen LogP contribution in [0.5, 0.6) is 0 Å². The Kier molecular flexibility index (Phi) is 4.55. The van der Waals surface area contributed by atoms with Crippen LogP contribution in [-0.4, -0.2) is 22.0 Å². The van der Waals surface area contributed by atoms with E-state index >= 15 is 0 Å². The summed E-state index contributed by atoms with van der Waals surface area (Å²) in [4.78, 5) is 24.5. The van der Waals surface area contributed by atoms with Gasteiger partial charge < -0.3 is 5.11 Å². The third-order valence-electron chi connectivity index (χ3n) is 3.39. The topological polar surface area (TPSA) is 57.6 Å². The maximum Gasteiger partial charge on any atom is 0.414 e. The number of nitrogens with zero attached hydrogens (tertiary/aromatic N) is 1. The van der Waals surface area contributed by atoms with Crippen molar-refractivity contribution in [3.63, 3.8) is 0 Å². The van der Waals surface area contributed by atoms with Gasteiger partial charge in [-0.15, -0.1) is 0 Å². The molecule has 1 radical (unpaired) electrons. The molecular formula is C15H18NO3. The molecule has 0 aromatic heterocycles.